The van der Waals surface area contributed by atoms with Gasteiger partial charge in [0.2, 0.25) is 0 Å². The summed E-state index contributed by atoms with van der Waals surface area (Å²) in [6.45, 7) is 9.08. The van der Waals surface area contributed by atoms with Crippen molar-refractivity contribution < 1.29 is 9.53 Å². The molecular formula is C83H88N20O9S7. The number of aromatic nitrogens is 14. The number of H-pyrrole nitrogens is 9. The summed E-state index contributed by atoms with van der Waals surface area (Å²) in [4.78, 5) is 147. The topological polar surface area (TPSA) is 386 Å². The molecule has 0 spiro atoms. The van der Waals surface area contributed by atoms with Gasteiger partial charge in [0.25, 0.3) is 27.8 Å². The molecule has 616 valence electrons. The van der Waals surface area contributed by atoms with E-state index in [1.807, 2.05) is 128 Å². The first-order chi connectivity index (χ1) is 57.0. The lowest BCUT2D eigenvalue weighted by Gasteiger charge is -2.20. The molecule has 0 saturated heterocycles. The van der Waals surface area contributed by atoms with Crippen LogP contribution in [0, 0.1) is 56.3 Å². The van der Waals surface area contributed by atoms with E-state index in [0.29, 0.717) is 131 Å². The number of carbonyl (C=O) groups excluding carboxylic acids is 1. The zero-order chi connectivity index (χ0) is 84.6. The SMILES string of the molecule is CCOC(=O)CCSC1=Nc2c(c(=O)[nH]c(=O)n2C)C1.CN(C)c1ccc(C2=Nc3[nH]c(=S)[nH]c(=O)c3C2)cc1.Cc1ccc(-c2nc3[nH]c(=S)[nH]c(=O)c3n2CC2CC2)cc1.Cc1ccc(C2=Nc3[nH]c(=S)[nH]c(=O)c3C2)cc1.Cc1cccc(C2=Nc3[nH]c(=S)[nH]c(=O)c3C2)c1.Cn1c2c(c(=S)n(C)c1=O)CC(SCC1CCCCC1)=N2. The normalized spacial score (nSPS) is 14.4. The molecule has 29 nitrogen and oxygen atoms in total. The van der Waals surface area contributed by atoms with E-state index in [-0.39, 0.29) is 33.9 Å². The maximum absolute atomic E-state index is 12.3. The van der Waals surface area contributed by atoms with Crippen molar-refractivity contribution in [1.29, 1.82) is 0 Å². The Morgan fingerprint density at radius 1 is 0.496 bits per heavy atom. The highest BCUT2D eigenvalue weighted by Gasteiger charge is 2.29. The van der Waals surface area contributed by atoms with Gasteiger partial charge in [0.1, 0.15) is 39.6 Å². The lowest BCUT2D eigenvalue weighted by atomic mass is 9.91. The molecule has 7 aliphatic rings. The predicted molar refractivity (Wildman–Crippen MR) is 486 cm³/mol. The number of hydrogen-bond donors (Lipinski definition) is 9. The number of benzene rings is 4. The summed E-state index contributed by atoms with van der Waals surface area (Å²) in [5, 5.41) is 1.85. The van der Waals surface area contributed by atoms with Gasteiger partial charge in [-0.25, -0.2) is 39.5 Å². The maximum Gasteiger partial charge on any atom is 0.330 e. The molecule has 0 unspecified atom stereocenters. The van der Waals surface area contributed by atoms with Gasteiger partial charge in [-0.05, 0) is 143 Å². The Morgan fingerprint density at radius 2 is 0.983 bits per heavy atom. The number of aromatic amines is 9. The molecule has 36 heteroatoms. The fraction of sp³-hybridized carbons (Fsp3) is 0.337. The summed E-state index contributed by atoms with van der Waals surface area (Å²) in [6.07, 6.45) is 12.4. The number of imidazole rings is 1. The van der Waals surface area contributed by atoms with Crippen LogP contribution in [0.1, 0.15) is 119 Å². The Balaban J connectivity index is 0.000000124. The molecule has 0 radical (unpaired) electrons. The molecule has 0 bridgehead atoms. The van der Waals surface area contributed by atoms with Crippen LogP contribution in [-0.4, -0.2) is 134 Å². The number of fused-ring (bicyclic) bond motifs is 6. The molecule has 2 saturated carbocycles. The number of nitrogens with one attached hydrogen (secondary N) is 9. The van der Waals surface area contributed by atoms with Crippen molar-refractivity contribution in [3.8, 4) is 11.4 Å². The van der Waals surface area contributed by atoms with Crippen molar-refractivity contribution in [3.63, 3.8) is 0 Å². The van der Waals surface area contributed by atoms with Gasteiger partial charge in [0.15, 0.2) is 30.2 Å². The quantitative estimate of drug-likeness (QED) is 0.0382. The Hall–Kier alpha value is -11.2. The molecule has 5 aliphatic heterocycles. The van der Waals surface area contributed by atoms with Crippen LogP contribution in [0.15, 0.2) is 156 Å². The molecule has 2 fully saturated rings. The largest absolute Gasteiger partial charge is 0.466 e. The van der Waals surface area contributed by atoms with Gasteiger partial charge in [0.05, 0.1) is 62.5 Å². The first kappa shape index (κ1) is 85.7. The second kappa shape index (κ2) is 37.8. The average molecular weight is 1730 g/mol. The summed E-state index contributed by atoms with van der Waals surface area (Å²) in [6, 6.07) is 32.5. The molecule has 7 aromatic heterocycles. The minimum Gasteiger partial charge on any atom is -0.466 e. The Morgan fingerprint density at radius 3 is 1.51 bits per heavy atom. The van der Waals surface area contributed by atoms with Gasteiger partial charge in [-0.3, -0.25) is 67.4 Å². The molecule has 9 N–H and O–H groups in total. The van der Waals surface area contributed by atoms with E-state index < -0.39 is 11.2 Å². The highest BCUT2D eigenvalue weighted by Crippen LogP contribution is 2.36. The zero-order valence-corrected chi connectivity index (χ0v) is 72.6. The third kappa shape index (κ3) is 20.8. The summed E-state index contributed by atoms with van der Waals surface area (Å²) in [5.41, 5.74) is 14.5. The van der Waals surface area contributed by atoms with E-state index in [9.17, 15) is 38.4 Å². The second-order valence-electron chi connectivity index (χ2n) is 29.8. The maximum atomic E-state index is 12.3. The van der Waals surface area contributed by atoms with Gasteiger partial charge in [-0.1, -0.05) is 133 Å². The van der Waals surface area contributed by atoms with Crippen LogP contribution in [0.4, 0.5) is 34.8 Å². The smallest absolute Gasteiger partial charge is 0.330 e. The minimum atomic E-state index is -0.477. The summed E-state index contributed by atoms with van der Waals surface area (Å²) >= 11 is 28.5. The number of ether oxygens (including phenoxy) is 1. The molecule has 0 amide bonds. The third-order valence-electron chi connectivity index (χ3n) is 20.7. The number of hydrogen-bond acceptors (Lipinski definition) is 23. The standard InChI is InChI=1S/C16H16N4OS.C15H21N3OS2.C14H14N4OS.2C13H11N3OS.C12H15N3O4S/c1-9-2-6-11(7-3-9)14-17-13-12(15(21)19-16(22)18-13)20(14)8-10-4-5-10;1-17-13-11(14(20)18(2)15(17)19)8-12(16-13)21-9-10-6-4-3-5-7-10;1-18(2)9-5-3-8(4-6-9)11-7-10-12(15-11)16-14(20)17-13(10)19;1-7-2-4-8(5-3-7)10-6-9-11(14-10)15-13(18)16-12(9)17;1-7-3-2-4-8(5-7)10-6-9-11(14-10)15-13(18)16-12(9)17;1-3-19-9(16)4-5-20-8-6-7-10(13-8)15(2)12(18)14-11(7)17/h2-3,6-7,10H,4-5,8H2,1H3,(H2,18,19,21,22);10H,3-9H2,1-2H3;3-6H,7H2,1-2H3,(H2,16,17,19,20);2*2-5H,6H2,1H3,(H2,15,16,17,18);3-6H2,1-2H3,(H,14,17,18). The average Bonchev–Trinajstić information content (AvgIpc) is 1.61. The number of thioether (sulfide) groups is 2. The van der Waals surface area contributed by atoms with Crippen molar-refractivity contribution in [2.24, 2.45) is 57.9 Å². The fourth-order valence-electron chi connectivity index (χ4n) is 14.1. The molecule has 2 aliphatic carbocycles. The zero-order valence-electron chi connectivity index (χ0n) is 66.9. The van der Waals surface area contributed by atoms with Gasteiger partial charge >= 0.3 is 17.3 Å². The summed E-state index contributed by atoms with van der Waals surface area (Å²) < 4.78 is 13.2. The number of aliphatic imine (C=N–C) groups is 5. The molecule has 12 heterocycles. The lowest BCUT2D eigenvalue weighted by molar-refractivity contribution is -0.142. The molecule has 0 atom stereocenters. The van der Waals surface area contributed by atoms with E-state index >= 15 is 0 Å². The Kier molecular flexibility index (Phi) is 27.3. The van der Waals surface area contributed by atoms with Crippen molar-refractivity contribution in [2.75, 3.05) is 37.1 Å². The lowest BCUT2D eigenvalue weighted by Crippen LogP contribution is -2.29. The first-order valence-corrected chi connectivity index (χ1v) is 42.7. The van der Waals surface area contributed by atoms with E-state index in [0.717, 1.165) is 97.0 Å². The number of nitrogens with zero attached hydrogens (tertiary/aromatic N) is 11. The van der Waals surface area contributed by atoms with Crippen molar-refractivity contribution >= 4 is 164 Å². The number of esters is 1. The molecule has 4 aromatic carbocycles. The molecule has 18 rings (SSSR count). The van der Waals surface area contributed by atoms with Gasteiger partial charge in [0, 0.05) is 102 Å². The minimum absolute atomic E-state index is 0.0963. The van der Waals surface area contributed by atoms with Crippen LogP contribution < -0.4 is 44.1 Å². The van der Waals surface area contributed by atoms with Crippen LogP contribution in [0.3, 0.4) is 0 Å². The highest BCUT2D eigenvalue weighted by molar-refractivity contribution is 8.14. The number of rotatable bonds is 13. The highest BCUT2D eigenvalue weighted by atomic mass is 32.2. The summed E-state index contributed by atoms with van der Waals surface area (Å²) in [5.74, 6) is 6.64. The molecular weight excluding hydrogens is 1650 g/mol. The molecule has 11 aromatic rings. The van der Waals surface area contributed by atoms with Gasteiger partial charge < -0.3 is 34.1 Å². The Bertz CT molecular complexity index is 6730. The van der Waals surface area contributed by atoms with Crippen LogP contribution >= 0.6 is 84.6 Å². The number of anilines is 1. The van der Waals surface area contributed by atoms with Crippen molar-refractivity contribution in [3.05, 3.63) is 255 Å². The second-order valence-corrected chi connectivity index (χ2v) is 34.0. The van der Waals surface area contributed by atoms with E-state index in [1.165, 1.54) is 78.0 Å². The van der Waals surface area contributed by atoms with Crippen LogP contribution in [-0.2, 0) is 69.3 Å². The number of aryl methyl sites for hydroxylation is 3. The van der Waals surface area contributed by atoms with Gasteiger partial charge in [-0.15, -0.1) is 23.5 Å². The van der Waals surface area contributed by atoms with E-state index in [1.54, 1.807) is 37.2 Å². The van der Waals surface area contributed by atoms with Gasteiger partial charge in [-0.2, -0.15) is 0 Å². The van der Waals surface area contributed by atoms with E-state index in [4.69, 9.17) is 65.8 Å². The Labute approximate surface area is 715 Å². The predicted octanol–water partition coefficient (Wildman–Crippen LogP) is 13.9. The summed E-state index contributed by atoms with van der Waals surface area (Å²) in [7, 11) is 9.06. The monoisotopic (exact) mass is 1730 g/mol. The van der Waals surface area contributed by atoms with Crippen LogP contribution in [0.25, 0.3) is 22.6 Å². The number of carbonyl (C=O) groups is 1. The third-order valence-corrected chi connectivity index (χ3v) is 24.2. The molecule has 119 heavy (non-hydrogen) atoms. The van der Waals surface area contributed by atoms with Crippen molar-refractivity contribution in [2.45, 2.75) is 118 Å². The fourth-order valence-corrected chi connectivity index (χ4v) is 17.1. The van der Waals surface area contributed by atoms with Crippen LogP contribution in [0.2, 0.25) is 0 Å². The first-order valence-electron chi connectivity index (χ1n) is 38.7. The van der Waals surface area contributed by atoms with E-state index in [2.05, 4.69) is 99.9 Å². The van der Waals surface area contributed by atoms with Crippen molar-refractivity contribution in [1.82, 2.24) is 68.1 Å². The van der Waals surface area contributed by atoms with Crippen LogP contribution in [0.5, 0.6) is 0 Å².